The van der Waals surface area contributed by atoms with Gasteiger partial charge in [-0.2, -0.15) is 0 Å². The van der Waals surface area contributed by atoms with Gasteiger partial charge < -0.3 is 4.74 Å². The summed E-state index contributed by atoms with van der Waals surface area (Å²) in [6.07, 6.45) is 0. The Kier molecular flexibility index (Phi) is 5.22. The summed E-state index contributed by atoms with van der Waals surface area (Å²) in [5.41, 5.74) is 1.76. The largest absolute Gasteiger partial charge is 0.495 e. The highest BCUT2D eigenvalue weighted by molar-refractivity contribution is 7.92. The molecule has 2 aromatic carbocycles. The molecule has 0 N–H and O–H groups in total. The van der Waals surface area contributed by atoms with E-state index in [9.17, 15) is 8.42 Å². The molecule has 2 aromatic rings. The zero-order chi connectivity index (χ0) is 17.2. The number of hydrogen-bond donors (Lipinski definition) is 0. The molecule has 0 fully saturated rings. The summed E-state index contributed by atoms with van der Waals surface area (Å²) < 4.78 is 31.8. The molecule has 0 atom stereocenters. The Morgan fingerprint density at radius 2 is 1.70 bits per heavy atom. The molecule has 0 aliphatic carbocycles. The van der Waals surface area contributed by atoms with Crippen molar-refractivity contribution in [2.75, 3.05) is 18.5 Å². The third-order valence-corrected chi connectivity index (χ3v) is 5.78. The molecule has 0 saturated heterocycles. The van der Waals surface area contributed by atoms with Crippen molar-refractivity contribution in [2.24, 2.45) is 0 Å². The van der Waals surface area contributed by atoms with Crippen LogP contribution in [0.5, 0.6) is 5.75 Å². The van der Waals surface area contributed by atoms with E-state index in [4.69, 9.17) is 16.3 Å². The molecule has 0 amide bonds. The van der Waals surface area contributed by atoms with Gasteiger partial charge in [0.2, 0.25) is 0 Å². The molecule has 0 aliphatic heterocycles. The summed E-state index contributed by atoms with van der Waals surface area (Å²) in [6.45, 7) is 4.18. The van der Waals surface area contributed by atoms with Crippen LogP contribution >= 0.6 is 11.6 Å². The minimum absolute atomic E-state index is 0.124. The molecule has 4 nitrogen and oxygen atoms in total. The third kappa shape index (κ3) is 3.62. The second kappa shape index (κ2) is 6.81. The van der Waals surface area contributed by atoms with Gasteiger partial charge in [0.05, 0.1) is 22.7 Å². The predicted molar refractivity (Wildman–Crippen MR) is 94.1 cm³/mol. The Labute approximate surface area is 142 Å². The van der Waals surface area contributed by atoms with Gasteiger partial charge in [-0.15, -0.1) is 0 Å². The van der Waals surface area contributed by atoms with Gasteiger partial charge in [-0.3, -0.25) is 4.31 Å². The second-order valence-electron chi connectivity index (χ2n) is 5.52. The molecule has 0 radical (unpaired) electrons. The molecule has 0 spiro atoms. The van der Waals surface area contributed by atoms with E-state index >= 15 is 0 Å². The van der Waals surface area contributed by atoms with Crippen LogP contribution in [0.1, 0.15) is 25.3 Å². The fourth-order valence-corrected chi connectivity index (χ4v) is 3.72. The SMILES string of the molecule is COc1ccc(S(=O)(=O)N(C)c2ccc(C(C)C)cc2)cc1Cl. The van der Waals surface area contributed by atoms with Crippen molar-refractivity contribution in [1.82, 2.24) is 0 Å². The van der Waals surface area contributed by atoms with Crippen LogP contribution in [-0.2, 0) is 10.0 Å². The maximum atomic E-state index is 12.7. The fraction of sp³-hybridized carbons (Fsp3) is 0.294. The van der Waals surface area contributed by atoms with Gasteiger partial charge in [0.25, 0.3) is 10.0 Å². The molecular weight excluding hydrogens is 334 g/mol. The molecule has 124 valence electrons. The molecule has 23 heavy (non-hydrogen) atoms. The van der Waals surface area contributed by atoms with E-state index in [-0.39, 0.29) is 9.92 Å². The van der Waals surface area contributed by atoms with Crippen LogP contribution in [-0.4, -0.2) is 22.6 Å². The number of sulfonamides is 1. The van der Waals surface area contributed by atoms with Gasteiger partial charge in [0.1, 0.15) is 5.75 Å². The highest BCUT2D eigenvalue weighted by atomic mass is 35.5. The lowest BCUT2D eigenvalue weighted by Gasteiger charge is -2.20. The van der Waals surface area contributed by atoms with E-state index in [0.717, 1.165) is 5.56 Å². The summed E-state index contributed by atoms with van der Waals surface area (Å²) in [5, 5.41) is 0.261. The molecule has 0 unspecified atom stereocenters. The first-order chi connectivity index (χ1) is 10.8. The molecule has 0 bridgehead atoms. The average Bonchev–Trinajstić information content (AvgIpc) is 2.54. The Morgan fingerprint density at radius 1 is 1.09 bits per heavy atom. The molecule has 2 rings (SSSR count). The third-order valence-electron chi connectivity index (χ3n) is 3.71. The summed E-state index contributed by atoms with van der Waals surface area (Å²) in [4.78, 5) is 0.124. The molecule has 0 aliphatic rings. The number of ether oxygens (including phenoxy) is 1. The van der Waals surface area contributed by atoms with Crippen molar-refractivity contribution in [3.63, 3.8) is 0 Å². The van der Waals surface area contributed by atoms with Gasteiger partial charge in [0, 0.05) is 7.05 Å². The van der Waals surface area contributed by atoms with Crippen LogP contribution in [0.15, 0.2) is 47.4 Å². The molecule has 6 heteroatoms. The fourth-order valence-electron chi connectivity index (χ4n) is 2.17. The summed E-state index contributed by atoms with van der Waals surface area (Å²) in [5.74, 6) is 0.834. The Morgan fingerprint density at radius 3 is 2.17 bits per heavy atom. The monoisotopic (exact) mass is 353 g/mol. The molecule has 0 heterocycles. The van der Waals surface area contributed by atoms with Crippen molar-refractivity contribution in [3.8, 4) is 5.75 Å². The lowest BCUT2D eigenvalue weighted by atomic mass is 10.0. The number of halogens is 1. The lowest BCUT2D eigenvalue weighted by molar-refractivity contribution is 0.414. The normalized spacial score (nSPS) is 11.6. The van der Waals surface area contributed by atoms with Gasteiger partial charge in [-0.25, -0.2) is 8.42 Å². The average molecular weight is 354 g/mol. The van der Waals surface area contributed by atoms with Crippen molar-refractivity contribution >= 4 is 27.3 Å². The zero-order valence-electron chi connectivity index (χ0n) is 13.6. The van der Waals surface area contributed by atoms with Crippen molar-refractivity contribution in [2.45, 2.75) is 24.7 Å². The summed E-state index contributed by atoms with van der Waals surface area (Å²) in [6, 6.07) is 11.9. The molecule has 0 aromatic heterocycles. The Bertz CT molecular complexity index is 786. The van der Waals surface area contributed by atoms with Gasteiger partial charge in [-0.05, 0) is 41.8 Å². The van der Waals surface area contributed by atoms with Crippen molar-refractivity contribution < 1.29 is 13.2 Å². The minimum atomic E-state index is -3.68. The van der Waals surface area contributed by atoms with Crippen LogP contribution in [0, 0.1) is 0 Å². The van der Waals surface area contributed by atoms with E-state index in [1.165, 1.54) is 30.6 Å². The number of methoxy groups -OCH3 is 1. The number of benzene rings is 2. The van der Waals surface area contributed by atoms with E-state index < -0.39 is 10.0 Å². The maximum absolute atomic E-state index is 12.7. The molecule has 0 saturated carbocycles. The van der Waals surface area contributed by atoms with Crippen LogP contribution in [0.25, 0.3) is 0 Å². The predicted octanol–water partition coefficient (Wildman–Crippen LogP) is 4.30. The van der Waals surface area contributed by atoms with Crippen molar-refractivity contribution in [1.29, 1.82) is 0 Å². The first-order valence-corrected chi connectivity index (χ1v) is 9.01. The van der Waals surface area contributed by atoms with Gasteiger partial charge in [0.15, 0.2) is 0 Å². The number of rotatable bonds is 5. The number of hydrogen-bond acceptors (Lipinski definition) is 3. The maximum Gasteiger partial charge on any atom is 0.264 e. The quantitative estimate of drug-likeness (QED) is 0.805. The second-order valence-corrected chi connectivity index (χ2v) is 7.89. The van der Waals surface area contributed by atoms with Crippen molar-refractivity contribution in [3.05, 3.63) is 53.1 Å². The lowest BCUT2D eigenvalue weighted by Crippen LogP contribution is -2.26. The Balaban J connectivity index is 2.36. The smallest absolute Gasteiger partial charge is 0.264 e. The van der Waals surface area contributed by atoms with E-state index in [2.05, 4.69) is 13.8 Å². The highest BCUT2D eigenvalue weighted by Gasteiger charge is 2.22. The molecular formula is C17H20ClNO3S. The first kappa shape index (κ1) is 17.6. The van der Waals surface area contributed by atoms with Crippen LogP contribution < -0.4 is 9.04 Å². The summed E-state index contributed by atoms with van der Waals surface area (Å²) >= 11 is 6.03. The van der Waals surface area contributed by atoms with E-state index in [1.807, 2.05) is 12.1 Å². The van der Waals surface area contributed by atoms with Gasteiger partial charge >= 0.3 is 0 Å². The minimum Gasteiger partial charge on any atom is -0.495 e. The summed E-state index contributed by atoms with van der Waals surface area (Å²) in [7, 11) is -0.670. The number of nitrogens with zero attached hydrogens (tertiary/aromatic N) is 1. The van der Waals surface area contributed by atoms with E-state index in [0.29, 0.717) is 17.4 Å². The van der Waals surface area contributed by atoms with Crippen LogP contribution in [0.2, 0.25) is 5.02 Å². The first-order valence-electron chi connectivity index (χ1n) is 7.19. The van der Waals surface area contributed by atoms with Crippen LogP contribution in [0.4, 0.5) is 5.69 Å². The highest BCUT2D eigenvalue weighted by Crippen LogP contribution is 2.30. The van der Waals surface area contributed by atoms with E-state index in [1.54, 1.807) is 18.2 Å². The Hall–Kier alpha value is -1.72. The topological polar surface area (TPSA) is 46.6 Å². The van der Waals surface area contributed by atoms with Crippen LogP contribution in [0.3, 0.4) is 0 Å². The number of anilines is 1. The zero-order valence-corrected chi connectivity index (χ0v) is 15.1. The standard InChI is InChI=1S/C17H20ClNO3S/c1-12(2)13-5-7-14(8-6-13)19(3)23(20,21)15-9-10-17(22-4)16(18)11-15/h5-12H,1-4H3. The van der Waals surface area contributed by atoms with Gasteiger partial charge in [-0.1, -0.05) is 37.6 Å².